The van der Waals surface area contributed by atoms with Gasteiger partial charge in [-0.15, -0.1) is 0 Å². The molecule has 1 N–H and O–H groups in total. The number of ether oxygens (including phenoxy) is 1. The van der Waals surface area contributed by atoms with Gasteiger partial charge >= 0.3 is 0 Å². The summed E-state index contributed by atoms with van der Waals surface area (Å²) in [7, 11) is -1.39. The third-order valence-corrected chi connectivity index (χ3v) is 8.61. The zero-order valence-electron chi connectivity index (χ0n) is 22.1. The summed E-state index contributed by atoms with van der Waals surface area (Å²) in [5.41, 5.74) is 1.58. The maximum Gasteiger partial charge on any atom is 0.264 e. The van der Waals surface area contributed by atoms with Crippen molar-refractivity contribution in [3.8, 4) is 5.75 Å². The van der Waals surface area contributed by atoms with E-state index in [0.717, 1.165) is 9.87 Å². The number of hydrogen-bond donors (Lipinski definition) is 1. The quantitative estimate of drug-likeness (QED) is 0.336. The highest BCUT2D eigenvalue weighted by Crippen LogP contribution is 2.35. The Morgan fingerprint density at radius 1 is 1.03 bits per heavy atom. The van der Waals surface area contributed by atoms with E-state index in [4.69, 9.17) is 27.9 Å². The van der Waals surface area contributed by atoms with Crippen LogP contribution in [0.3, 0.4) is 0 Å². The van der Waals surface area contributed by atoms with E-state index in [1.54, 1.807) is 49.4 Å². The molecule has 0 aliphatic carbocycles. The van der Waals surface area contributed by atoms with Gasteiger partial charge in [-0.2, -0.15) is 0 Å². The van der Waals surface area contributed by atoms with E-state index in [1.165, 1.54) is 43.3 Å². The summed E-state index contributed by atoms with van der Waals surface area (Å²) in [4.78, 5) is 28.1. The van der Waals surface area contributed by atoms with Crippen molar-refractivity contribution < 1.29 is 22.7 Å². The van der Waals surface area contributed by atoms with Crippen molar-refractivity contribution in [2.45, 2.75) is 37.8 Å². The monoisotopic (exact) mass is 591 g/mol. The van der Waals surface area contributed by atoms with Gasteiger partial charge in [-0.1, -0.05) is 66.0 Å². The fourth-order valence-electron chi connectivity index (χ4n) is 4.11. The van der Waals surface area contributed by atoms with Gasteiger partial charge in [0.05, 0.1) is 17.7 Å². The molecule has 8 nitrogen and oxygen atoms in total. The predicted molar refractivity (Wildman–Crippen MR) is 154 cm³/mol. The number of methoxy groups -OCH3 is 1. The highest BCUT2D eigenvalue weighted by Gasteiger charge is 2.34. The Bertz CT molecular complexity index is 1430. The minimum atomic E-state index is -4.27. The number of nitrogens with one attached hydrogen (secondary N) is 1. The van der Waals surface area contributed by atoms with Gasteiger partial charge in [0.25, 0.3) is 10.0 Å². The van der Waals surface area contributed by atoms with Crippen molar-refractivity contribution in [2.24, 2.45) is 0 Å². The number of hydrogen-bond acceptors (Lipinski definition) is 5. The van der Waals surface area contributed by atoms with Gasteiger partial charge in [-0.05, 0) is 55.3 Å². The van der Waals surface area contributed by atoms with E-state index in [-0.39, 0.29) is 33.8 Å². The lowest BCUT2D eigenvalue weighted by Crippen LogP contribution is -2.51. The molecule has 2 amide bonds. The normalized spacial score (nSPS) is 11.9. The Hall–Kier alpha value is -3.27. The first-order valence-electron chi connectivity index (χ1n) is 12.2. The number of aryl methyl sites for hydroxylation is 1. The number of nitrogens with zero attached hydrogens (tertiary/aromatic N) is 2. The average molecular weight is 593 g/mol. The van der Waals surface area contributed by atoms with E-state index in [9.17, 15) is 18.0 Å². The summed E-state index contributed by atoms with van der Waals surface area (Å²) in [5.74, 6) is -0.784. The summed E-state index contributed by atoms with van der Waals surface area (Å²) >= 11 is 12.6. The first-order chi connectivity index (χ1) is 18.5. The molecule has 0 aliphatic rings. The van der Waals surface area contributed by atoms with Crippen molar-refractivity contribution >= 4 is 50.7 Å². The molecule has 208 valence electrons. The third-order valence-electron chi connectivity index (χ3n) is 6.23. The van der Waals surface area contributed by atoms with E-state index in [0.29, 0.717) is 17.0 Å². The molecule has 0 aliphatic heterocycles. The second-order valence-electron chi connectivity index (χ2n) is 8.79. The van der Waals surface area contributed by atoms with Crippen molar-refractivity contribution in [3.63, 3.8) is 0 Å². The number of carbonyl (C=O) groups excluding carboxylic acids is 2. The predicted octanol–water partition coefficient (Wildman–Crippen LogP) is 5.06. The van der Waals surface area contributed by atoms with Crippen LogP contribution in [0.5, 0.6) is 5.75 Å². The van der Waals surface area contributed by atoms with Crippen LogP contribution in [0.15, 0.2) is 71.6 Å². The van der Waals surface area contributed by atoms with Crippen LogP contribution < -0.4 is 14.4 Å². The maximum absolute atomic E-state index is 14.0. The SMILES string of the molecule is CCC(C(=O)NC)N(Cc1ccccc1Cl)C(=O)CN(c1cc(Cl)ccc1OC)S(=O)(=O)c1ccc(C)cc1. The van der Waals surface area contributed by atoms with Crippen LogP contribution in [0.1, 0.15) is 24.5 Å². The number of carbonyl (C=O) groups is 2. The number of amides is 2. The molecule has 11 heteroatoms. The van der Waals surface area contributed by atoms with E-state index < -0.39 is 28.5 Å². The summed E-state index contributed by atoms with van der Waals surface area (Å²) < 4.78 is 34.4. The van der Waals surface area contributed by atoms with Gasteiger partial charge < -0.3 is 15.0 Å². The number of likely N-dealkylation sites (N-methyl/N-ethyl adjacent to an activating group) is 1. The van der Waals surface area contributed by atoms with Crippen LogP contribution in [0, 0.1) is 6.92 Å². The standard InChI is InChI=1S/C28H31Cl2N3O5S/c1-5-24(28(35)31-3)32(17-20-8-6-7-9-23(20)30)27(34)18-33(25-16-21(29)12-15-26(25)38-4)39(36,37)22-13-10-19(2)11-14-22/h6-16,24H,5,17-18H2,1-4H3,(H,31,35). The fourth-order valence-corrected chi connectivity index (χ4v) is 5.88. The van der Waals surface area contributed by atoms with Gasteiger partial charge in [-0.3, -0.25) is 13.9 Å². The minimum absolute atomic E-state index is 0.00443. The molecule has 0 heterocycles. The summed E-state index contributed by atoms with van der Waals surface area (Å²) in [5, 5.41) is 3.26. The Balaban J connectivity index is 2.14. The van der Waals surface area contributed by atoms with Gasteiger partial charge in [0.2, 0.25) is 11.8 Å². The summed E-state index contributed by atoms with van der Waals surface area (Å²) in [6.45, 7) is 2.99. The van der Waals surface area contributed by atoms with Gasteiger partial charge in [-0.25, -0.2) is 8.42 Å². The van der Waals surface area contributed by atoms with Crippen LogP contribution in [-0.2, 0) is 26.2 Å². The minimum Gasteiger partial charge on any atom is -0.495 e. The number of rotatable bonds is 11. The van der Waals surface area contributed by atoms with E-state index >= 15 is 0 Å². The molecule has 1 atom stereocenters. The van der Waals surface area contributed by atoms with Gasteiger partial charge in [0.1, 0.15) is 18.3 Å². The molecule has 39 heavy (non-hydrogen) atoms. The molecule has 0 aromatic heterocycles. The summed E-state index contributed by atoms with van der Waals surface area (Å²) in [6.07, 6.45) is 0.293. The Kier molecular flexibility index (Phi) is 10.2. The van der Waals surface area contributed by atoms with Crippen molar-refractivity contribution in [2.75, 3.05) is 25.0 Å². The molecular weight excluding hydrogens is 561 g/mol. The number of halogens is 2. The molecular formula is C28H31Cl2N3O5S. The topological polar surface area (TPSA) is 96.0 Å². The van der Waals surface area contributed by atoms with Gasteiger partial charge in [0, 0.05) is 23.6 Å². The number of benzene rings is 3. The largest absolute Gasteiger partial charge is 0.495 e. The third kappa shape index (κ3) is 7.03. The van der Waals surface area contributed by atoms with E-state index in [2.05, 4.69) is 5.32 Å². The average Bonchev–Trinajstić information content (AvgIpc) is 2.92. The highest BCUT2D eigenvalue weighted by molar-refractivity contribution is 7.92. The lowest BCUT2D eigenvalue weighted by Gasteiger charge is -2.33. The molecule has 0 spiro atoms. The smallest absolute Gasteiger partial charge is 0.264 e. The second kappa shape index (κ2) is 13.2. The fraction of sp³-hybridized carbons (Fsp3) is 0.286. The Morgan fingerprint density at radius 2 is 1.69 bits per heavy atom. The first kappa shape index (κ1) is 30.3. The molecule has 0 saturated heterocycles. The van der Waals surface area contributed by atoms with Crippen molar-refractivity contribution in [3.05, 3.63) is 87.9 Å². The van der Waals surface area contributed by atoms with Crippen molar-refractivity contribution in [1.29, 1.82) is 0 Å². The highest BCUT2D eigenvalue weighted by atomic mass is 35.5. The summed E-state index contributed by atoms with van der Waals surface area (Å²) in [6, 6.07) is 16.9. The molecule has 3 rings (SSSR count). The lowest BCUT2D eigenvalue weighted by atomic mass is 10.1. The van der Waals surface area contributed by atoms with Crippen LogP contribution in [0.4, 0.5) is 5.69 Å². The van der Waals surface area contributed by atoms with Crippen LogP contribution >= 0.6 is 23.2 Å². The van der Waals surface area contributed by atoms with Crippen LogP contribution in [0.25, 0.3) is 0 Å². The van der Waals surface area contributed by atoms with Gasteiger partial charge in [0.15, 0.2) is 0 Å². The van der Waals surface area contributed by atoms with E-state index in [1.807, 2.05) is 6.92 Å². The first-order valence-corrected chi connectivity index (χ1v) is 14.4. The molecule has 3 aromatic rings. The Labute approximate surface area is 239 Å². The lowest BCUT2D eigenvalue weighted by molar-refractivity contribution is -0.140. The van der Waals surface area contributed by atoms with Crippen LogP contribution in [-0.4, -0.2) is 51.9 Å². The Morgan fingerprint density at radius 3 is 2.28 bits per heavy atom. The molecule has 0 radical (unpaired) electrons. The zero-order chi connectivity index (χ0) is 28.7. The second-order valence-corrected chi connectivity index (χ2v) is 11.5. The maximum atomic E-state index is 14.0. The number of anilines is 1. The molecule has 0 bridgehead atoms. The number of sulfonamides is 1. The zero-order valence-corrected chi connectivity index (χ0v) is 24.5. The van der Waals surface area contributed by atoms with Crippen LogP contribution in [0.2, 0.25) is 10.0 Å². The molecule has 3 aromatic carbocycles. The molecule has 0 fully saturated rings. The molecule has 0 saturated carbocycles. The molecule has 1 unspecified atom stereocenters. The van der Waals surface area contributed by atoms with Crippen molar-refractivity contribution in [1.82, 2.24) is 10.2 Å².